The number of para-hydroxylation sites is 1. The van der Waals surface area contributed by atoms with Gasteiger partial charge in [-0.1, -0.05) is 37.6 Å². The Morgan fingerprint density at radius 3 is 2.54 bits per heavy atom. The molecule has 4 rings (SSSR count). The molecule has 10 heteroatoms. The molecule has 0 aliphatic heterocycles. The Morgan fingerprint density at radius 1 is 1.10 bits per heavy atom. The summed E-state index contributed by atoms with van der Waals surface area (Å²) in [5.41, 5.74) is 3.18. The van der Waals surface area contributed by atoms with Crippen molar-refractivity contribution in [2.24, 2.45) is 5.10 Å². The number of esters is 1. The fourth-order valence-corrected chi connectivity index (χ4v) is 4.59. The van der Waals surface area contributed by atoms with E-state index in [1.807, 2.05) is 32.0 Å². The van der Waals surface area contributed by atoms with Crippen molar-refractivity contribution < 1.29 is 23.7 Å². The molecule has 0 saturated carbocycles. The number of fused-ring (bicyclic) bond motifs is 1. The molecule has 0 spiro atoms. The highest BCUT2D eigenvalue weighted by Crippen LogP contribution is 2.36. The number of aryl methyl sites for hydroxylation is 1. The molecule has 214 valence electrons. The molecule has 0 aliphatic carbocycles. The number of aromatic nitrogens is 2. The van der Waals surface area contributed by atoms with Crippen molar-refractivity contribution in [3.8, 4) is 28.6 Å². The Morgan fingerprint density at radius 2 is 1.85 bits per heavy atom. The van der Waals surface area contributed by atoms with Crippen LogP contribution in [0.4, 0.5) is 0 Å². The van der Waals surface area contributed by atoms with Crippen LogP contribution in [0.2, 0.25) is 5.02 Å². The van der Waals surface area contributed by atoms with E-state index in [0.29, 0.717) is 33.9 Å². The van der Waals surface area contributed by atoms with E-state index in [9.17, 15) is 9.59 Å². The van der Waals surface area contributed by atoms with E-state index in [2.05, 4.69) is 18.9 Å². The van der Waals surface area contributed by atoms with Gasteiger partial charge in [0.1, 0.15) is 5.75 Å². The lowest BCUT2D eigenvalue weighted by Gasteiger charge is -2.18. The number of hydrogen-bond acceptors (Lipinski definition) is 8. The van der Waals surface area contributed by atoms with Crippen LogP contribution in [0.15, 0.2) is 58.4 Å². The fourth-order valence-electron chi connectivity index (χ4n) is 4.38. The summed E-state index contributed by atoms with van der Waals surface area (Å²) in [5.74, 6) is 1.24. The van der Waals surface area contributed by atoms with Gasteiger partial charge >= 0.3 is 5.97 Å². The first-order valence-corrected chi connectivity index (χ1v) is 13.5. The first kappa shape index (κ1) is 29.6. The molecule has 0 N–H and O–H groups in total. The first-order chi connectivity index (χ1) is 19.7. The highest BCUT2D eigenvalue weighted by Gasteiger charge is 2.19. The lowest BCUT2D eigenvalue weighted by molar-refractivity contribution is -0.142. The highest BCUT2D eigenvalue weighted by atomic mass is 35.5. The quantitative estimate of drug-likeness (QED) is 0.168. The minimum absolute atomic E-state index is 0.161. The Kier molecular flexibility index (Phi) is 9.29. The van der Waals surface area contributed by atoms with Crippen molar-refractivity contribution in [2.75, 3.05) is 27.4 Å². The van der Waals surface area contributed by atoms with Crippen LogP contribution in [-0.2, 0) is 9.53 Å². The van der Waals surface area contributed by atoms with E-state index in [4.69, 9.17) is 35.5 Å². The van der Waals surface area contributed by atoms with Crippen LogP contribution in [0.1, 0.15) is 43.4 Å². The minimum Gasteiger partial charge on any atom is -0.494 e. The van der Waals surface area contributed by atoms with E-state index in [-0.39, 0.29) is 29.6 Å². The topological polar surface area (TPSA) is 101 Å². The monoisotopic (exact) mass is 577 g/mol. The van der Waals surface area contributed by atoms with Crippen molar-refractivity contribution in [2.45, 2.75) is 33.6 Å². The Balaban J connectivity index is 1.95. The number of benzene rings is 3. The van der Waals surface area contributed by atoms with Gasteiger partial charge in [-0.25, -0.2) is 9.78 Å². The second-order valence-corrected chi connectivity index (χ2v) is 9.93. The predicted octanol–water partition coefficient (Wildman–Crippen LogP) is 5.99. The van der Waals surface area contributed by atoms with Crippen LogP contribution in [-0.4, -0.2) is 49.3 Å². The number of carbonyl (C=O) groups excluding carboxylic acids is 1. The van der Waals surface area contributed by atoms with E-state index in [0.717, 1.165) is 22.4 Å². The third-order valence-corrected chi connectivity index (χ3v) is 6.63. The maximum atomic E-state index is 13.8. The predicted molar refractivity (Wildman–Crippen MR) is 160 cm³/mol. The van der Waals surface area contributed by atoms with Gasteiger partial charge in [0, 0.05) is 22.2 Å². The van der Waals surface area contributed by atoms with Crippen LogP contribution in [0.5, 0.6) is 17.2 Å². The summed E-state index contributed by atoms with van der Waals surface area (Å²) in [5, 5.41) is 5.33. The molecule has 0 radical (unpaired) electrons. The van der Waals surface area contributed by atoms with E-state index >= 15 is 0 Å². The van der Waals surface area contributed by atoms with Crippen LogP contribution < -0.4 is 19.8 Å². The molecule has 3 aromatic carbocycles. The second kappa shape index (κ2) is 12.9. The van der Waals surface area contributed by atoms with Crippen molar-refractivity contribution >= 4 is 34.7 Å². The number of nitrogens with zero attached hydrogens (tertiary/aromatic N) is 3. The third-order valence-electron chi connectivity index (χ3n) is 6.42. The Labute approximate surface area is 243 Å². The smallest absolute Gasteiger partial charge is 0.343 e. The zero-order chi connectivity index (χ0) is 29.7. The van der Waals surface area contributed by atoms with Crippen molar-refractivity contribution in [3.63, 3.8) is 0 Å². The second-order valence-electron chi connectivity index (χ2n) is 9.50. The molecule has 1 aromatic heterocycles. The third kappa shape index (κ3) is 6.36. The van der Waals surface area contributed by atoms with Crippen LogP contribution >= 0.6 is 11.6 Å². The van der Waals surface area contributed by atoms with Crippen LogP contribution in [0.3, 0.4) is 0 Å². The van der Waals surface area contributed by atoms with E-state index in [1.54, 1.807) is 30.3 Å². The van der Waals surface area contributed by atoms with Crippen LogP contribution in [0, 0.1) is 6.92 Å². The van der Waals surface area contributed by atoms with Crippen molar-refractivity contribution in [1.29, 1.82) is 0 Å². The van der Waals surface area contributed by atoms with Crippen molar-refractivity contribution in [3.05, 3.63) is 80.6 Å². The zero-order valence-corrected chi connectivity index (χ0v) is 24.6. The summed E-state index contributed by atoms with van der Waals surface area (Å²) < 4.78 is 23.0. The Bertz CT molecular complexity index is 1680. The number of rotatable bonds is 10. The summed E-state index contributed by atoms with van der Waals surface area (Å²) >= 11 is 6.34. The molecule has 0 saturated heterocycles. The average molecular weight is 578 g/mol. The number of hydrogen-bond donors (Lipinski definition) is 0. The number of halogens is 1. The van der Waals surface area contributed by atoms with Gasteiger partial charge in [-0.2, -0.15) is 9.78 Å². The highest BCUT2D eigenvalue weighted by molar-refractivity contribution is 6.31. The minimum atomic E-state index is -0.575. The van der Waals surface area contributed by atoms with Gasteiger partial charge in [0.2, 0.25) is 0 Å². The molecule has 0 amide bonds. The largest absolute Gasteiger partial charge is 0.494 e. The molecule has 4 aromatic rings. The van der Waals surface area contributed by atoms with Gasteiger partial charge < -0.3 is 18.9 Å². The number of carbonyl (C=O) groups is 1. The number of ether oxygens (including phenoxy) is 4. The molecule has 1 heterocycles. The summed E-state index contributed by atoms with van der Waals surface area (Å²) in [7, 11) is 2.72. The summed E-state index contributed by atoms with van der Waals surface area (Å²) in [6.45, 7) is 8.22. The van der Waals surface area contributed by atoms with Gasteiger partial charge in [-0.05, 0) is 61.2 Å². The fraction of sp³-hybridized carbons (Fsp3) is 0.290. The summed E-state index contributed by atoms with van der Waals surface area (Å²) in [4.78, 5) is 30.5. The SMILES string of the molecule is CCOc1cc(C)c(-c2nc3ccccc3c(=O)n2N=Cc2cc(Cl)cc(OC)c2OCC(=O)OC)cc1C(C)C. The molecule has 41 heavy (non-hydrogen) atoms. The molecule has 0 fully saturated rings. The zero-order valence-electron chi connectivity index (χ0n) is 23.9. The van der Waals surface area contributed by atoms with Gasteiger partial charge in [0.15, 0.2) is 23.9 Å². The molecule has 0 unspecified atom stereocenters. The standard InChI is InChI=1S/C31H32ClN3O6/c1-7-40-26-12-19(4)24(15-23(26)18(2)3)30-34-25-11-9-8-10-22(25)31(37)35(30)33-16-20-13-21(32)14-27(38-5)29(20)41-17-28(36)39-6/h8-16,18H,7,17H2,1-6H3. The summed E-state index contributed by atoms with van der Waals surface area (Å²) in [6, 6.07) is 14.2. The Hall–Kier alpha value is -4.37. The molecule has 0 bridgehead atoms. The normalized spacial score (nSPS) is 11.3. The number of methoxy groups -OCH3 is 2. The molecular formula is C31H32ClN3O6. The van der Waals surface area contributed by atoms with Gasteiger partial charge in [-0.3, -0.25) is 4.79 Å². The maximum Gasteiger partial charge on any atom is 0.343 e. The van der Waals surface area contributed by atoms with Crippen LogP contribution in [0.25, 0.3) is 22.3 Å². The molecule has 0 aliphatic rings. The van der Waals surface area contributed by atoms with Gasteiger partial charge in [0.25, 0.3) is 5.56 Å². The molecule has 9 nitrogen and oxygen atoms in total. The first-order valence-electron chi connectivity index (χ1n) is 13.1. The molecular weight excluding hydrogens is 546 g/mol. The summed E-state index contributed by atoms with van der Waals surface area (Å²) in [6.07, 6.45) is 1.43. The van der Waals surface area contributed by atoms with E-state index < -0.39 is 5.97 Å². The maximum absolute atomic E-state index is 13.8. The lowest BCUT2D eigenvalue weighted by Crippen LogP contribution is -2.21. The molecule has 0 atom stereocenters. The van der Waals surface area contributed by atoms with Gasteiger partial charge in [0.05, 0.1) is 37.9 Å². The van der Waals surface area contributed by atoms with Gasteiger partial charge in [-0.15, -0.1) is 0 Å². The van der Waals surface area contributed by atoms with E-state index in [1.165, 1.54) is 25.1 Å². The average Bonchev–Trinajstić information content (AvgIpc) is 2.95. The lowest BCUT2D eigenvalue weighted by atomic mass is 9.96. The van der Waals surface area contributed by atoms with Crippen molar-refractivity contribution in [1.82, 2.24) is 9.66 Å².